The molecule has 15 nitrogen and oxygen atoms in total. The Hall–Kier alpha value is -6.47. The Balaban J connectivity index is 1.29. The van der Waals surface area contributed by atoms with E-state index in [0.29, 0.717) is 0 Å². The first-order valence-electron chi connectivity index (χ1n) is 27.0. The first-order chi connectivity index (χ1) is 38.7. The van der Waals surface area contributed by atoms with Gasteiger partial charge in [0.25, 0.3) is 8.32 Å². The van der Waals surface area contributed by atoms with Crippen molar-refractivity contribution in [2.24, 2.45) is 5.11 Å². The van der Waals surface area contributed by atoms with E-state index in [1.165, 1.54) is 25.6 Å². The van der Waals surface area contributed by atoms with Crippen molar-refractivity contribution in [3.05, 3.63) is 209 Å². The van der Waals surface area contributed by atoms with Crippen molar-refractivity contribution in [2.75, 3.05) is 13.2 Å². The number of Topliss-reactive ketones (excluding diaryl/α,β-unsaturated/α-hetero) is 1. The predicted octanol–water partition coefficient (Wildman–Crippen LogP) is 10.8. The highest BCUT2D eigenvalue weighted by Crippen LogP contribution is 2.42. The largest absolute Gasteiger partial charge is 0.463 e. The van der Waals surface area contributed by atoms with Gasteiger partial charge in [0.05, 0.1) is 39.0 Å². The zero-order chi connectivity index (χ0) is 56.5. The van der Waals surface area contributed by atoms with Crippen LogP contribution >= 0.6 is 11.8 Å². The van der Waals surface area contributed by atoms with E-state index in [0.717, 1.165) is 37.5 Å². The molecule has 0 N–H and O–H groups in total. The van der Waals surface area contributed by atoms with Crippen LogP contribution in [0.4, 0.5) is 0 Å². The Kier molecular flexibility index (Phi) is 21.5. The van der Waals surface area contributed by atoms with Gasteiger partial charge in [-0.15, -0.1) is 0 Å². The summed E-state index contributed by atoms with van der Waals surface area (Å²) in [6.45, 7) is 11.0. The maximum atomic E-state index is 14.2. The number of carbonyl (C=O) groups excluding carboxylic acids is 3. The summed E-state index contributed by atoms with van der Waals surface area (Å²) < 4.78 is 62.5. The Labute approximate surface area is 474 Å². The molecule has 0 amide bonds. The zero-order valence-electron chi connectivity index (χ0n) is 46.1. The minimum absolute atomic E-state index is 0.0384. The number of nitrogens with zero attached hydrogens (tertiary/aromatic N) is 3. The van der Waals surface area contributed by atoms with Crippen molar-refractivity contribution < 1.29 is 56.7 Å². The van der Waals surface area contributed by atoms with Crippen molar-refractivity contribution in [3.8, 4) is 0 Å². The van der Waals surface area contributed by atoms with Crippen LogP contribution in [-0.2, 0) is 76.5 Å². The highest BCUT2D eigenvalue weighted by atomic mass is 32.2. The summed E-state index contributed by atoms with van der Waals surface area (Å²) in [7, 11) is -3.33. The van der Waals surface area contributed by atoms with Gasteiger partial charge in [0.1, 0.15) is 54.4 Å². The average Bonchev–Trinajstić information content (AvgIpc) is 3.51. The van der Waals surface area contributed by atoms with E-state index >= 15 is 0 Å². The van der Waals surface area contributed by atoms with Crippen LogP contribution in [0, 0.1) is 6.92 Å². The summed E-state index contributed by atoms with van der Waals surface area (Å²) in [6.07, 6.45) is -9.62. The second-order valence-electron chi connectivity index (χ2n) is 21.0. The van der Waals surface area contributed by atoms with Crippen molar-refractivity contribution >= 4 is 48.2 Å². The van der Waals surface area contributed by atoms with Gasteiger partial charge in [-0.1, -0.05) is 207 Å². The van der Waals surface area contributed by atoms with Gasteiger partial charge in [-0.25, -0.2) is 0 Å². The number of azide groups is 1. The Morgan fingerprint density at radius 2 is 1.09 bits per heavy atom. The first-order valence-corrected chi connectivity index (χ1v) is 29.8. The summed E-state index contributed by atoms with van der Waals surface area (Å²) >= 11 is 1.34. The van der Waals surface area contributed by atoms with Gasteiger partial charge in [-0.2, -0.15) is 0 Å². The van der Waals surface area contributed by atoms with Crippen molar-refractivity contribution in [1.29, 1.82) is 0 Å². The van der Waals surface area contributed by atoms with Crippen LogP contribution < -0.4 is 10.4 Å². The van der Waals surface area contributed by atoms with Gasteiger partial charge in [-0.05, 0) is 63.6 Å². The normalized spacial score (nSPS) is 23.1. The standard InChI is InChI=1S/C63H71N3O12SSi/c1-43-32-35-49(36-33-43)79-62-55(65-66-64)58(71-38-46-22-12-7-13-23-46)56(52(76-62)41-70-45(3)68)78-61-60(73-40-48-26-16-9-17-27-48)59(72-39-47-24-14-8-15-25-47)57(77-54(69)37-34-44(2)67)53(75-61)42-74-80(63(4,5)6,50-28-18-10-19-29-50)51-30-20-11-21-31-51/h7-33,35-36,52-53,55-62H,34,37-42H2,1-6H3/t52-,53-,55-,56-,57-,58-,59+,60-,61+,62+/m1/s1. The fourth-order valence-electron chi connectivity index (χ4n) is 10.2. The molecule has 8 rings (SSSR count). The molecule has 2 saturated heterocycles. The Morgan fingerprint density at radius 3 is 1.57 bits per heavy atom. The molecule has 6 aromatic rings. The van der Waals surface area contributed by atoms with E-state index in [1.807, 2.05) is 159 Å². The number of ketones is 1. The number of rotatable bonds is 25. The number of aryl methyl sites for hydroxylation is 1. The first kappa shape index (κ1) is 59.6. The van der Waals surface area contributed by atoms with Crippen LogP contribution in [0.3, 0.4) is 0 Å². The topological polar surface area (TPSA) is 183 Å². The average molecular weight is 1120 g/mol. The van der Waals surface area contributed by atoms with Crippen molar-refractivity contribution in [3.63, 3.8) is 0 Å². The third-order valence-corrected chi connectivity index (χ3v) is 20.3. The fourth-order valence-corrected chi connectivity index (χ4v) is 15.8. The highest BCUT2D eigenvalue weighted by molar-refractivity contribution is 7.99. The molecule has 0 spiro atoms. The lowest BCUT2D eigenvalue weighted by atomic mass is 9.95. The number of hydrogen-bond acceptors (Lipinski definition) is 14. The van der Waals surface area contributed by atoms with E-state index in [2.05, 4.69) is 55.1 Å². The van der Waals surface area contributed by atoms with Gasteiger partial charge in [0.15, 0.2) is 12.4 Å². The number of thioether (sulfide) groups is 1. The number of ether oxygens (including phenoxy) is 8. The molecular weight excluding hydrogens is 1050 g/mol. The maximum Gasteiger partial charge on any atom is 0.306 e. The Morgan fingerprint density at radius 1 is 0.600 bits per heavy atom. The molecule has 6 aromatic carbocycles. The summed E-state index contributed by atoms with van der Waals surface area (Å²) in [6, 6.07) is 55.8. The van der Waals surface area contributed by atoms with E-state index in [9.17, 15) is 19.9 Å². The van der Waals surface area contributed by atoms with Gasteiger partial charge in [-0.3, -0.25) is 9.59 Å². The molecule has 2 fully saturated rings. The molecule has 0 unspecified atom stereocenters. The van der Waals surface area contributed by atoms with Gasteiger partial charge in [0, 0.05) is 23.2 Å². The summed E-state index contributed by atoms with van der Waals surface area (Å²) in [5.41, 5.74) is 13.0. The zero-order valence-corrected chi connectivity index (χ0v) is 47.9. The van der Waals surface area contributed by atoms with Crippen molar-refractivity contribution in [1.82, 2.24) is 0 Å². The highest BCUT2D eigenvalue weighted by Gasteiger charge is 2.57. The number of carbonyl (C=O) groups is 3. The second kappa shape index (κ2) is 28.8. The SMILES string of the molecule is CC(=O)CCC(=O)O[C@H]1[C@H](OCc2ccccc2)[C@@H](OCc2ccccc2)[C@H](O[C@H]2[C@H](OCc3ccccc3)[C@@H](N=[N+]=[N-])[C@H](Sc3ccc(C)cc3)O[C@@H]2COC(C)=O)O[C@@H]1CO[Si](c1ccccc1)(c1ccccc1)C(C)(C)C. The molecule has 0 aromatic heterocycles. The molecule has 2 aliphatic heterocycles. The summed E-state index contributed by atoms with van der Waals surface area (Å²) in [5, 5.41) is 5.91. The molecule has 420 valence electrons. The van der Waals surface area contributed by atoms with E-state index < -0.39 is 85.8 Å². The van der Waals surface area contributed by atoms with Crippen LogP contribution in [0.2, 0.25) is 5.04 Å². The van der Waals surface area contributed by atoms with Gasteiger partial charge >= 0.3 is 11.9 Å². The maximum absolute atomic E-state index is 14.2. The third kappa shape index (κ3) is 15.7. The van der Waals surface area contributed by atoms with Crippen LogP contribution in [0.15, 0.2) is 186 Å². The third-order valence-electron chi connectivity index (χ3n) is 14.1. The van der Waals surface area contributed by atoms with Crippen LogP contribution in [-0.4, -0.2) is 99.7 Å². The molecule has 80 heavy (non-hydrogen) atoms. The molecule has 0 saturated carbocycles. The van der Waals surface area contributed by atoms with E-state index in [1.54, 1.807) is 0 Å². The minimum atomic E-state index is -3.33. The number of hydrogen-bond donors (Lipinski definition) is 0. The molecule has 0 bridgehead atoms. The number of esters is 2. The number of benzene rings is 6. The second-order valence-corrected chi connectivity index (χ2v) is 26.5. The van der Waals surface area contributed by atoms with E-state index in [-0.39, 0.29) is 51.7 Å². The van der Waals surface area contributed by atoms with Gasteiger partial charge in [0.2, 0.25) is 0 Å². The molecule has 10 atom stereocenters. The van der Waals surface area contributed by atoms with Crippen molar-refractivity contribution in [2.45, 2.75) is 145 Å². The lowest BCUT2D eigenvalue weighted by Crippen LogP contribution is -2.69. The monoisotopic (exact) mass is 1120 g/mol. The quantitative estimate of drug-likeness (QED) is 0.0174. The van der Waals surface area contributed by atoms with Gasteiger partial charge < -0.3 is 47.1 Å². The summed E-state index contributed by atoms with van der Waals surface area (Å²) in [4.78, 5) is 43.6. The minimum Gasteiger partial charge on any atom is -0.463 e. The molecule has 0 aliphatic carbocycles. The smallest absolute Gasteiger partial charge is 0.306 e. The summed E-state index contributed by atoms with van der Waals surface area (Å²) in [5.74, 6) is -1.38. The van der Waals surface area contributed by atoms with Crippen LogP contribution in [0.5, 0.6) is 0 Å². The lowest BCUT2D eigenvalue weighted by Gasteiger charge is -2.50. The molecule has 17 heteroatoms. The molecular formula is C63H71N3O12SSi. The Bertz CT molecular complexity index is 2900. The van der Waals surface area contributed by atoms with Crippen LogP contribution in [0.25, 0.3) is 10.4 Å². The molecule has 0 radical (unpaired) electrons. The van der Waals surface area contributed by atoms with E-state index in [4.69, 9.17) is 42.3 Å². The molecule has 2 heterocycles. The lowest BCUT2D eigenvalue weighted by molar-refractivity contribution is -0.348. The predicted molar refractivity (Wildman–Crippen MR) is 307 cm³/mol. The fraction of sp³-hybridized carbons (Fsp3) is 0.381. The molecule has 2 aliphatic rings. The van der Waals surface area contributed by atoms with Crippen LogP contribution in [0.1, 0.15) is 69.7 Å².